The molecule has 5 heteroatoms. The normalized spacial score (nSPS) is 9.92. The van der Waals surface area contributed by atoms with E-state index in [1.807, 2.05) is 78.9 Å². The standard InChI is InChI=1S/C20H14N2O.2ClH/c23-19(14-8-3-1-4-9-14)16-12-7-13-17-18(16)22-20(21-17)15-10-5-2-6-11-15;;/h1-13H,(H,21,22);2*1H. The van der Waals surface area contributed by atoms with Crippen LogP contribution in [0.4, 0.5) is 0 Å². The van der Waals surface area contributed by atoms with Crippen LogP contribution >= 0.6 is 24.8 Å². The Morgan fingerprint density at radius 3 is 2.08 bits per heavy atom. The van der Waals surface area contributed by atoms with Crippen LogP contribution in [0.25, 0.3) is 22.4 Å². The van der Waals surface area contributed by atoms with Crippen molar-refractivity contribution < 1.29 is 4.79 Å². The number of carbonyl (C=O) groups is 1. The molecule has 1 heterocycles. The summed E-state index contributed by atoms with van der Waals surface area (Å²) in [5.74, 6) is 0.772. The lowest BCUT2D eigenvalue weighted by atomic mass is 10.0. The molecule has 126 valence electrons. The van der Waals surface area contributed by atoms with E-state index in [4.69, 9.17) is 0 Å². The molecule has 0 fully saturated rings. The van der Waals surface area contributed by atoms with E-state index in [0.29, 0.717) is 11.1 Å². The summed E-state index contributed by atoms with van der Waals surface area (Å²) in [5.41, 5.74) is 3.90. The average Bonchev–Trinajstić information content (AvgIpc) is 3.07. The van der Waals surface area contributed by atoms with E-state index in [2.05, 4.69) is 9.97 Å². The highest BCUT2D eigenvalue weighted by molar-refractivity contribution is 6.15. The first-order valence-corrected chi connectivity index (χ1v) is 7.47. The lowest BCUT2D eigenvalue weighted by Crippen LogP contribution is -2.01. The van der Waals surface area contributed by atoms with Gasteiger partial charge in [-0.2, -0.15) is 0 Å². The number of aromatic nitrogens is 2. The van der Waals surface area contributed by atoms with Gasteiger partial charge in [0.05, 0.1) is 11.0 Å². The molecule has 3 aromatic carbocycles. The van der Waals surface area contributed by atoms with Gasteiger partial charge in [0.25, 0.3) is 0 Å². The highest BCUT2D eigenvalue weighted by Gasteiger charge is 2.15. The Morgan fingerprint density at radius 1 is 0.760 bits per heavy atom. The lowest BCUT2D eigenvalue weighted by molar-refractivity contribution is 0.104. The third-order valence-electron chi connectivity index (χ3n) is 3.85. The number of halogens is 2. The fourth-order valence-electron chi connectivity index (χ4n) is 2.70. The molecule has 0 bridgehead atoms. The summed E-state index contributed by atoms with van der Waals surface area (Å²) in [6, 6.07) is 24.8. The van der Waals surface area contributed by atoms with Gasteiger partial charge in [0.15, 0.2) is 5.78 Å². The number of imidazole rings is 1. The van der Waals surface area contributed by atoms with E-state index in [-0.39, 0.29) is 30.6 Å². The van der Waals surface area contributed by atoms with E-state index in [1.54, 1.807) is 0 Å². The molecule has 0 amide bonds. The van der Waals surface area contributed by atoms with E-state index in [9.17, 15) is 4.79 Å². The highest BCUT2D eigenvalue weighted by Crippen LogP contribution is 2.24. The summed E-state index contributed by atoms with van der Waals surface area (Å²) in [6.07, 6.45) is 0. The molecule has 0 radical (unpaired) electrons. The maximum Gasteiger partial charge on any atom is 0.195 e. The SMILES string of the molecule is Cl.Cl.O=C(c1ccccc1)c1cccc2nc(-c3ccccc3)[nH]c12. The van der Waals surface area contributed by atoms with Gasteiger partial charge in [-0.05, 0) is 12.1 Å². The molecule has 0 saturated heterocycles. The van der Waals surface area contributed by atoms with Gasteiger partial charge in [-0.3, -0.25) is 4.79 Å². The maximum atomic E-state index is 12.8. The molecule has 0 aliphatic rings. The molecule has 0 aliphatic carbocycles. The van der Waals surface area contributed by atoms with Crippen LogP contribution in [-0.2, 0) is 0 Å². The van der Waals surface area contributed by atoms with Crippen LogP contribution in [0.3, 0.4) is 0 Å². The van der Waals surface area contributed by atoms with Crippen LogP contribution in [0.1, 0.15) is 15.9 Å². The summed E-state index contributed by atoms with van der Waals surface area (Å²) in [4.78, 5) is 20.7. The summed E-state index contributed by atoms with van der Waals surface area (Å²) in [7, 11) is 0. The Labute approximate surface area is 157 Å². The lowest BCUT2D eigenvalue weighted by Gasteiger charge is -2.02. The van der Waals surface area contributed by atoms with E-state index < -0.39 is 0 Å². The topological polar surface area (TPSA) is 45.8 Å². The molecule has 0 saturated carbocycles. The minimum absolute atomic E-state index is 0. The van der Waals surface area contributed by atoms with Crippen molar-refractivity contribution in [1.29, 1.82) is 0 Å². The van der Waals surface area contributed by atoms with Crippen molar-refractivity contribution in [1.82, 2.24) is 9.97 Å². The van der Waals surface area contributed by atoms with Crippen LogP contribution in [0, 0.1) is 0 Å². The zero-order chi connectivity index (χ0) is 15.6. The number of nitrogens with zero attached hydrogens (tertiary/aromatic N) is 1. The first-order valence-electron chi connectivity index (χ1n) is 7.47. The Balaban J connectivity index is 0.00000113. The van der Waals surface area contributed by atoms with Crippen molar-refractivity contribution in [2.24, 2.45) is 0 Å². The van der Waals surface area contributed by atoms with Gasteiger partial charge >= 0.3 is 0 Å². The number of nitrogens with one attached hydrogen (secondary N) is 1. The Morgan fingerprint density at radius 2 is 1.40 bits per heavy atom. The van der Waals surface area contributed by atoms with Gasteiger partial charge in [0, 0.05) is 16.7 Å². The summed E-state index contributed by atoms with van der Waals surface area (Å²) in [6.45, 7) is 0. The van der Waals surface area contributed by atoms with Crippen LogP contribution in [-0.4, -0.2) is 15.8 Å². The van der Waals surface area contributed by atoms with E-state index in [1.165, 1.54) is 0 Å². The predicted molar refractivity (Wildman–Crippen MR) is 106 cm³/mol. The van der Waals surface area contributed by atoms with E-state index in [0.717, 1.165) is 22.4 Å². The number of aromatic amines is 1. The molecule has 1 N–H and O–H groups in total. The number of rotatable bonds is 3. The number of para-hydroxylation sites is 1. The number of benzene rings is 3. The van der Waals surface area contributed by atoms with Crippen LogP contribution in [0.15, 0.2) is 78.9 Å². The number of fused-ring (bicyclic) bond motifs is 1. The maximum absolute atomic E-state index is 12.8. The van der Waals surface area contributed by atoms with Gasteiger partial charge in [-0.1, -0.05) is 66.7 Å². The zero-order valence-corrected chi connectivity index (χ0v) is 14.8. The summed E-state index contributed by atoms with van der Waals surface area (Å²) < 4.78 is 0. The summed E-state index contributed by atoms with van der Waals surface area (Å²) in [5, 5.41) is 0. The first kappa shape index (κ1) is 18.7. The van der Waals surface area contributed by atoms with Crippen molar-refractivity contribution in [3.8, 4) is 11.4 Å². The van der Waals surface area contributed by atoms with Gasteiger partial charge in [0.1, 0.15) is 5.82 Å². The van der Waals surface area contributed by atoms with Gasteiger partial charge in [-0.25, -0.2) is 4.98 Å². The van der Waals surface area contributed by atoms with Crippen LogP contribution in [0.2, 0.25) is 0 Å². The monoisotopic (exact) mass is 370 g/mol. The van der Waals surface area contributed by atoms with Gasteiger partial charge in [-0.15, -0.1) is 24.8 Å². The van der Waals surface area contributed by atoms with Gasteiger partial charge < -0.3 is 4.98 Å². The predicted octanol–water partition coefficient (Wildman–Crippen LogP) is 5.30. The van der Waals surface area contributed by atoms with Crippen molar-refractivity contribution in [3.63, 3.8) is 0 Å². The van der Waals surface area contributed by atoms with Crippen LogP contribution < -0.4 is 0 Å². The van der Waals surface area contributed by atoms with Crippen molar-refractivity contribution in [3.05, 3.63) is 90.0 Å². The second-order valence-electron chi connectivity index (χ2n) is 5.35. The fourth-order valence-corrected chi connectivity index (χ4v) is 2.70. The molecule has 0 atom stereocenters. The third-order valence-corrected chi connectivity index (χ3v) is 3.85. The molecule has 25 heavy (non-hydrogen) atoms. The van der Waals surface area contributed by atoms with Gasteiger partial charge in [0.2, 0.25) is 0 Å². The molecule has 1 aromatic heterocycles. The molecule has 4 aromatic rings. The number of hydrogen-bond acceptors (Lipinski definition) is 2. The van der Waals surface area contributed by atoms with E-state index >= 15 is 0 Å². The molecular weight excluding hydrogens is 355 g/mol. The van der Waals surface area contributed by atoms with Crippen LogP contribution in [0.5, 0.6) is 0 Å². The van der Waals surface area contributed by atoms with Crippen molar-refractivity contribution in [2.75, 3.05) is 0 Å². The molecule has 4 rings (SSSR count). The third kappa shape index (κ3) is 3.58. The average molecular weight is 371 g/mol. The highest BCUT2D eigenvalue weighted by atomic mass is 35.5. The van der Waals surface area contributed by atoms with Crippen molar-refractivity contribution >= 4 is 41.6 Å². The quantitative estimate of drug-likeness (QED) is 0.497. The minimum atomic E-state index is -0.000498. The largest absolute Gasteiger partial charge is 0.337 e. The number of hydrogen-bond donors (Lipinski definition) is 1. The van der Waals surface area contributed by atoms with Crippen molar-refractivity contribution in [2.45, 2.75) is 0 Å². The molecule has 0 spiro atoms. The smallest absolute Gasteiger partial charge is 0.195 e. The second kappa shape index (κ2) is 7.97. The minimum Gasteiger partial charge on any atom is -0.337 e. The number of H-pyrrole nitrogens is 1. The molecule has 0 unspecified atom stereocenters. The second-order valence-corrected chi connectivity index (χ2v) is 5.35. The Hall–Kier alpha value is -2.62. The summed E-state index contributed by atoms with van der Waals surface area (Å²) >= 11 is 0. The zero-order valence-electron chi connectivity index (χ0n) is 13.2. The molecule has 3 nitrogen and oxygen atoms in total. The fraction of sp³-hybridized carbons (Fsp3) is 0. The Kier molecular flexibility index (Phi) is 5.97. The first-order chi connectivity index (χ1) is 11.3. The molecule has 0 aliphatic heterocycles. The molecular formula is C20H16Cl2N2O. The Bertz CT molecular complexity index is 982. The number of carbonyl (C=O) groups excluding carboxylic acids is 1. The number of ketones is 1.